The van der Waals surface area contributed by atoms with Crippen LogP contribution in [0.5, 0.6) is 0 Å². The summed E-state index contributed by atoms with van der Waals surface area (Å²) < 4.78 is 20.3. The van der Waals surface area contributed by atoms with Crippen LogP contribution in [-0.2, 0) is 17.8 Å². The fourth-order valence-corrected chi connectivity index (χ4v) is 4.67. The number of anilines is 1. The lowest BCUT2D eigenvalue weighted by Crippen LogP contribution is -2.34. The van der Waals surface area contributed by atoms with Gasteiger partial charge in [0.05, 0.1) is 18.2 Å². The third-order valence-electron chi connectivity index (χ3n) is 6.98. The van der Waals surface area contributed by atoms with Gasteiger partial charge in [0.2, 0.25) is 5.91 Å². The molecule has 0 radical (unpaired) electrons. The van der Waals surface area contributed by atoms with Crippen molar-refractivity contribution in [2.24, 2.45) is 0 Å². The average Bonchev–Trinajstić information content (AvgIpc) is 3.81. The minimum absolute atomic E-state index is 0.0390. The normalized spacial score (nSPS) is 15.4. The molecule has 6 nitrogen and oxygen atoms in total. The smallest absolute Gasteiger partial charge is 0.230 e. The van der Waals surface area contributed by atoms with Gasteiger partial charge in [0.15, 0.2) is 0 Å². The van der Waals surface area contributed by atoms with Crippen LogP contribution < -0.4 is 4.90 Å². The van der Waals surface area contributed by atoms with Crippen LogP contribution in [0.4, 0.5) is 10.2 Å². The van der Waals surface area contributed by atoms with Crippen molar-refractivity contribution in [3.8, 4) is 11.1 Å². The van der Waals surface area contributed by atoms with Crippen molar-refractivity contribution in [1.29, 1.82) is 0 Å². The molecule has 1 amide bonds. The van der Waals surface area contributed by atoms with Crippen LogP contribution in [0, 0.1) is 5.82 Å². The Labute approximate surface area is 203 Å². The zero-order chi connectivity index (χ0) is 23.9. The van der Waals surface area contributed by atoms with E-state index in [9.17, 15) is 9.18 Å². The number of hydrogen-bond acceptors (Lipinski definition) is 5. The van der Waals surface area contributed by atoms with Gasteiger partial charge in [-0.05, 0) is 73.2 Å². The van der Waals surface area contributed by atoms with E-state index >= 15 is 0 Å². The van der Waals surface area contributed by atoms with Crippen molar-refractivity contribution >= 4 is 22.6 Å². The highest BCUT2D eigenvalue weighted by Crippen LogP contribution is 2.35. The molecular formula is C28H27FN4O2. The summed E-state index contributed by atoms with van der Waals surface area (Å²) in [6.45, 7) is 0.246. The summed E-state index contributed by atoms with van der Waals surface area (Å²) in [7, 11) is 2.08. The summed E-state index contributed by atoms with van der Waals surface area (Å²) in [6.07, 6.45) is 7.62. The van der Waals surface area contributed by atoms with E-state index in [-0.39, 0.29) is 30.7 Å². The second-order valence-electron chi connectivity index (χ2n) is 9.59. The van der Waals surface area contributed by atoms with E-state index in [0.717, 1.165) is 40.7 Å². The van der Waals surface area contributed by atoms with Gasteiger partial charge in [-0.3, -0.25) is 4.79 Å². The Morgan fingerprint density at radius 1 is 1.03 bits per heavy atom. The number of nitrogens with zero attached hydrogens (tertiary/aromatic N) is 4. The SMILES string of the molecule is CN(c1ncnc2ccc(-c3ccc(F)c(CN(C(=O)Cc4ccco4)C4CC4)c3)cc12)C1CC1. The monoisotopic (exact) mass is 470 g/mol. The maximum Gasteiger partial charge on any atom is 0.230 e. The van der Waals surface area contributed by atoms with Crippen LogP contribution in [-0.4, -0.2) is 39.9 Å². The number of rotatable bonds is 8. The van der Waals surface area contributed by atoms with Crippen molar-refractivity contribution in [1.82, 2.24) is 14.9 Å². The molecule has 0 saturated heterocycles. The van der Waals surface area contributed by atoms with Gasteiger partial charge < -0.3 is 14.2 Å². The molecule has 2 aromatic heterocycles. The van der Waals surface area contributed by atoms with Crippen molar-refractivity contribution < 1.29 is 13.6 Å². The van der Waals surface area contributed by atoms with Crippen molar-refractivity contribution in [2.75, 3.05) is 11.9 Å². The number of carbonyl (C=O) groups excluding carboxylic acids is 1. The van der Waals surface area contributed by atoms with Crippen LogP contribution in [0.15, 0.2) is 65.5 Å². The number of benzene rings is 2. The Bertz CT molecular complexity index is 1380. The quantitative estimate of drug-likeness (QED) is 0.347. The van der Waals surface area contributed by atoms with Gasteiger partial charge in [-0.15, -0.1) is 0 Å². The van der Waals surface area contributed by atoms with Crippen LogP contribution in [0.25, 0.3) is 22.0 Å². The number of carbonyl (C=O) groups is 1. The summed E-state index contributed by atoms with van der Waals surface area (Å²) >= 11 is 0. The second kappa shape index (κ2) is 8.80. The summed E-state index contributed by atoms with van der Waals surface area (Å²) in [5.74, 6) is 1.21. The Kier molecular flexibility index (Phi) is 5.47. The summed E-state index contributed by atoms with van der Waals surface area (Å²) in [4.78, 5) is 26.0. The minimum Gasteiger partial charge on any atom is -0.469 e. The number of amides is 1. The third kappa shape index (κ3) is 4.50. The average molecular weight is 471 g/mol. The molecule has 7 heteroatoms. The third-order valence-corrected chi connectivity index (χ3v) is 6.98. The van der Waals surface area contributed by atoms with E-state index < -0.39 is 0 Å². The van der Waals surface area contributed by atoms with Crippen molar-refractivity contribution in [3.63, 3.8) is 0 Å². The number of fused-ring (bicyclic) bond motifs is 1. The van der Waals surface area contributed by atoms with Crippen molar-refractivity contribution in [3.05, 3.63) is 78.3 Å². The molecule has 0 bridgehead atoms. The maximum absolute atomic E-state index is 14.9. The lowest BCUT2D eigenvalue weighted by Gasteiger charge is -2.23. The first-order valence-electron chi connectivity index (χ1n) is 12.1. The van der Waals surface area contributed by atoms with Gasteiger partial charge in [0, 0.05) is 36.6 Å². The Morgan fingerprint density at radius 2 is 1.80 bits per heavy atom. The lowest BCUT2D eigenvalue weighted by atomic mass is 10.0. The first-order valence-corrected chi connectivity index (χ1v) is 12.1. The molecule has 2 fully saturated rings. The predicted octanol–water partition coefficient (Wildman–Crippen LogP) is 5.36. The highest BCUT2D eigenvalue weighted by atomic mass is 19.1. The first-order chi connectivity index (χ1) is 17.1. The van der Waals surface area contributed by atoms with Gasteiger partial charge in [-0.25, -0.2) is 14.4 Å². The van der Waals surface area contributed by atoms with E-state index in [1.807, 2.05) is 18.2 Å². The molecule has 0 N–H and O–H groups in total. The second-order valence-corrected chi connectivity index (χ2v) is 9.59. The Balaban J connectivity index is 1.30. The predicted molar refractivity (Wildman–Crippen MR) is 132 cm³/mol. The molecule has 4 aromatic rings. The number of hydrogen-bond donors (Lipinski definition) is 0. The zero-order valence-electron chi connectivity index (χ0n) is 19.7. The molecule has 0 atom stereocenters. The molecular weight excluding hydrogens is 443 g/mol. The van der Waals surface area contributed by atoms with E-state index in [2.05, 4.69) is 28.0 Å². The summed E-state index contributed by atoms with van der Waals surface area (Å²) in [6, 6.07) is 15.5. The topological polar surface area (TPSA) is 62.5 Å². The Morgan fingerprint density at radius 3 is 2.54 bits per heavy atom. The number of aromatic nitrogens is 2. The Hall–Kier alpha value is -3.74. The van der Waals surface area contributed by atoms with Gasteiger partial charge in [-0.1, -0.05) is 12.1 Å². The molecule has 0 unspecified atom stereocenters. The van der Waals surface area contributed by atoms with Crippen LogP contribution in [0.3, 0.4) is 0 Å². The van der Waals surface area contributed by atoms with Crippen LogP contribution >= 0.6 is 0 Å². The number of halogens is 1. The largest absolute Gasteiger partial charge is 0.469 e. The fraction of sp³-hybridized carbons (Fsp3) is 0.321. The molecule has 2 saturated carbocycles. The molecule has 2 aromatic carbocycles. The molecule has 2 aliphatic carbocycles. The molecule has 0 spiro atoms. The van der Waals surface area contributed by atoms with E-state index in [0.29, 0.717) is 17.4 Å². The molecule has 0 aliphatic heterocycles. The van der Waals surface area contributed by atoms with E-state index in [1.54, 1.807) is 35.7 Å². The lowest BCUT2D eigenvalue weighted by molar-refractivity contribution is -0.132. The number of furan rings is 1. The zero-order valence-corrected chi connectivity index (χ0v) is 19.7. The molecule has 178 valence electrons. The molecule has 2 aliphatic rings. The highest BCUT2D eigenvalue weighted by molar-refractivity contribution is 5.93. The van der Waals surface area contributed by atoms with Crippen LogP contribution in [0.2, 0.25) is 0 Å². The van der Waals surface area contributed by atoms with Gasteiger partial charge >= 0.3 is 0 Å². The minimum atomic E-state index is -0.302. The van der Waals surface area contributed by atoms with Crippen molar-refractivity contribution in [2.45, 2.75) is 50.7 Å². The molecule has 2 heterocycles. The van der Waals surface area contributed by atoms with Gasteiger partial charge in [0.1, 0.15) is 23.7 Å². The van der Waals surface area contributed by atoms with Gasteiger partial charge in [0.25, 0.3) is 0 Å². The van der Waals surface area contributed by atoms with E-state index in [4.69, 9.17) is 4.42 Å². The fourth-order valence-electron chi connectivity index (χ4n) is 4.67. The van der Waals surface area contributed by atoms with E-state index in [1.165, 1.54) is 18.9 Å². The van der Waals surface area contributed by atoms with Crippen LogP contribution in [0.1, 0.15) is 37.0 Å². The maximum atomic E-state index is 14.9. The first kappa shape index (κ1) is 21.8. The summed E-state index contributed by atoms with van der Waals surface area (Å²) in [5, 5.41) is 0.985. The highest BCUT2D eigenvalue weighted by Gasteiger charge is 2.33. The van der Waals surface area contributed by atoms with Gasteiger partial charge in [-0.2, -0.15) is 0 Å². The summed E-state index contributed by atoms with van der Waals surface area (Å²) in [5.41, 5.74) is 3.28. The molecule has 35 heavy (non-hydrogen) atoms. The molecule has 6 rings (SSSR count). The standard InChI is InChI=1S/C28H27FN4O2/c1-32(21-6-7-21)28-24-14-19(5-11-26(24)30-17-31-28)18-4-10-25(29)20(13-18)16-33(22-8-9-22)27(34)15-23-3-2-12-35-23/h2-5,10-14,17,21-22H,6-9,15-16H2,1H3.